The minimum absolute atomic E-state index is 0.215. The van der Waals surface area contributed by atoms with E-state index in [1.165, 1.54) is 34.8 Å². The average molecular weight is 425 g/mol. The molecule has 10 heteroatoms. The van der Waals surface area contributed by atoms with Gasteiger partial charge in [-0.3, -0.25) is 4.79 Å². The number of thiophene rings is 1. The van der Waals surface area contributed by atoms with Crippen LogP contribution in [-0.4, -0.2) is 54.8 Å². The van der Waals surface area contributed by atoms with Crippen LogP contribution >= 0.6 is 11.3 Å². The molecule has 0 aliphatic rings. The zero-order valence-corrected chi connectivity index (χ0v) is 17.4. The van der Waals surface area contributed by atoms with Crippen molar-refractivity contribution in [3.8, 4) is 5.69 Å². The van der Waals surface area contributed by atoms with Crippen molar-refractivity contribution in [2.24, 2.45) is 0 Å². The smallest absolute Gasteiger partial charge is 0.261 e. The summed E-state index contributed by atoms with van der Waals surface area (Å²) < 4.78 is 38.9. The van der Waals surface area contributed by atoms with E-state index in [2.05, 4.69) is 10.4 Å². The van der Waals surface area contributed by atoms with Crippen LogP contribution in [-0.2, 0) is 10.0 Å². The number of aromatic nitrogens is 2. The normalized spacial score (nSPS) is 12.0. The molecule has 1 amide bonds. The Morgan fingerprint density at radius 2 is 2.00 bits per heavy atom. The maximum Gasteiger partial charge on any atom is 0.261 e. The standard InChI is InChI=1S/C18H21FN4O3S2/c1-12-15-11-16(17(24)20-9-4-10-22(2)28(3,25)26)27-18(15)23(21-12)14-7-5-13(19)6-8-14/h5-8,11H,4,9-10H2,1-3H3,(H,20,24). The number of hydrogen-bond acceptors (Lipinski definition) is 5. The highest BCUT2D eigenvalue weighted by atomic mass is 32.2. The van der Waals surface area contributed by atoms with E-state index in [9.17, 15) is 17.6 Å². The van der Waals surface area contributed by atoms with Crippen molar-refractivity contribution < 1.29 is 17.6 Å². The van der Waals surface area contributed by atoms with E-state index < -0.39 is 10.0 Å². The van der Waals surface area contributed by atoms with Gasteiger partial charge in [0.1, 0.15) is 10.6 Å². The van der Waals surface area contributed by atoms with Crippen LogP contribution in [0.4, 0.5) is 4.39 Å². The molecule has 0 saturated heterocycles. The van der Waals surface area contributed by atoms with Crippen LogP contribution in [0, 0.1) is 12.7 Å². The zero-order valence-electron chi connectivity index (χ0n) is 15.8. The van der Waals surface area contributed by atoms with Crippen molar-refractivity contribution in [1.82, 2.24) is 19.4 Å². The molecule has 28 heavy (non-hydrogen) atoms. The number of benzene rings is 1. The van der Waals surface area contributed by atoms with E-state index in [4.69, 9.17) is 0 Å². The third-order valence-corrected chi connectivity index (χ3v) is 6.77. The molecule has 0 atom stereocenters. The van der Waals surface area contributed by atoms with Crippen molar-refractivity contribution in [3.63, 3.8) is 0 Å². The minimum Gasteiger partial charge on any atom is -0.351 e. The second-order valence-electron chi connectivity index (χ2n) is 6.50. The summed E-state index contributed by atoms with van der Waals surface area (Å²) in [7, 11) is -1.71. The second kappa shape index (κ2) is 7.98. The van der Waals surface area contributed by atoms with Gasteiger partial charge in [0.2, 0.25) is 10.0 Å². The highest BCUT2D eigenvalue weighted by molar-refractivity contribution is 7.88. The fraction of sp³-hybridized carbons (Fsp3) is 0.333. The van der Waals surface area contributed by atoms with E-state index in [-0.39, 0.29) is 11.7 Å². The van der Waals surface area contributed by atoms with E-state index >= 15 is 0 Å². The first-order valence-electron chi connectivity index (χ1n) is 8.61. The predicted octanol–water partition coefficient (Wildman–Crippen LogP) is 2.55. The molecule has 3 aromatic rings. The number of aryl methyl sites for hydroxylation is 1. The summed E-state index contributed by atoms with van der Waals surface area (Å²) in [5.41, 5.74) is 1.50. The molecule has 0 unspecified atom stereocenters. The molecule has 1 aromatic carbocycles. The number of sulfonamides is 1. The predicted molar refractivity (Wildman–Crippen MR) is 108 cm³/mol. The lowest BCUT2D eigenvalue weighted by atomic mass is 10.3. The van der Waals surface area contributed by atoms with Gasteiger partial charge in [-0.25, -0.2) is 21.8 Å². The van der Waals surface area contributed by atoms with Gasteiger partial charge < -0.3 is 5.32 Å². The van der Waals surface area contributed by atoms with E-state index in [1.54, 1.807) is 22.9 Å². The van der Waals surface area contributed by atoms with Crippen LogP contribution in [0.3, 0.4) is 0 Å². The Bertz CT molecular complexity index is 1100. The molecule has 0 aliphatic heterocycles. The first-order valence-corrected chi connectivity index (χ1v) is 11.3. The van der Waals surface area contributed by atoms with Gasteiger partial charge in [-0.05, 0) is 43.7 Å². The number of carbonyl (C=O) groups is 1. The number of nitrogens with one attached hydrogen (secondary N) is 1. The molecule has 0 bridgehead atoms. The maximum atomic E-state index is 13.2. The lowest BCUT2D eigenvalue weighted by molar-refractivity contribution is 0.0957. The highest BCUT2D eigenvalue weighted by Gasteiger charge is 2.17. The summed E-state index contributed by atoms with van der Waals surface area (Å²) in [4.78, 5) is 13.8. The molecule has 1 N–H and O–H groups in total. The van der Waals surface area contributed by atoms with Gasteiger partial charge in [-0.2, -0.15) is 5.10 Å². The molecule has 7 nitrogen and oxygen atoms in total. The number of amides is 1. The van der Waals surface area contributed by atoms with Gasteiger partial charge >= 0.3 is 0 Å². The third kappa shape index (κ3) is 4.40. The zero-order chi connectivity index (χ0) is 20.5. The Balaban J connectivity index is 1.71. The topological polar surface area (TPSA) is 84.3 Å². The van der Waals surface area contributed by atoms with Gasteiger partial charge in [0, 0.05) is 25.5 Å². The molecule has 150 valence electrons. The van der Waals surface area contributed by atoms with Crippen molar-refractivity contribution in [3.05, 3.63) is 46.7 Å². The molecule has 0 fully saturated rings. The summed E-state index contributed by atoms with van der Waals surface area (Å²) in [5.74, 6) is -0.537. The summed E-state index contributed by atoms with van der Waals surface area (Å²) in [6.45, 7) is 2.57. The van der Waals surface area contributed by atoms with Crippen molar-refractivity contribution in [1.29, 1.82) is 0 Å². The molecule has 2 aromatic heterocycles. The Morgan fingerprint density at radius 3 is 2.64 bits per heavy atom. The SMILES string of the molecule is Cc1nn(-c2ccc(F)cc2)c2sc(C(=O)NCCCN(C)S(C)(=O)=O)cc12. The van der Waals surface area contributed by atoms with Crippen LogP contribution in [0.1, 0.15) is 21.8 Å². The average Bonchev–Trinajstić information content (AvgIpc) is 3.19. The molecule has 0 aliphatic carbocycles. The van der Waals surface area contributed by atoms with E-state index in [1.807, 2.05) is 6.92 Å². The Kier molecular flexibility index (Phi) is 5.82. The molecule has 0 saturated carbocycles. The van der Waals surface area contributed by atoms with Gasteiger partial charge in [-0.15, -0.1) is 11.3 Å². The van der Waals surface area contributed by atoms with Crippen LogP contribution in [0.5, 0.6) is 0 Å². The van der Waals surface area contributed by atoms with Crippen LogP contribution in [0.2, 0.25) is 0 Å². The van der Waals surface area contributed by atoms with Crippen molar-refractivity contribution in [2.45, 2.75) is 13.3 Å². The first-order chi connectivity index (χ1) is 13.2. The van der Waals surface area contributed by atoms with E-state index in [0.717, 1.165) is 27.9 Å². The number of nitrogens with zero attached hydrogens (tertiary/aromatic N) is 3. The van der Waals surface area contributed by atoms with E-state index in [0.29, 0.717) is 24.4 Å². The molecule has 3 rings (SSSR count). The molecular formula is C18H21FN4O3S2. The Morgan fingerprint density at radius 1 is 1.32 bits per heavy atom. The van der Waals surface area contributed by atoms with Gasteiger partial charge in [0.25, 0.3) is 5.91 Å². The summed E-state index contributed by atoms with van der Waals surface area (Å²) in [6, 6.07) is 7.80. The summed E-state index contributed by atoms with van der Waals surface area (Å²) in [5, 5.41) is 8.16. The highest BCUT2D eigenvalue weighted by Crippen LogP contribution is 2.30. The summed E-state index contributed by atoms with van der Waals surface area (Å²) >= 11 is 1.31. The van der Waals surface area contributed by atoms with Gasteiger partial charge in [0.15, 0.2) is 0 Å². The second-order valence-corrected chi connectivity index (χ2v) is 9.62. The minimum atomic E-state index is -3.21. The van der Waals surface area contributed by atoms with Gasteiger partial charge in [0.05, 0.1) is 22.5 Å². The lowest BCUT2D eigenvalue weighted by Crippen LogP contribution is -2.30. The monoisotopic (exact) mass is 424 g/mol. The number of carbonyl (C=O) groups excluding carboxylic acids is 1. The largest absolute Gasteiger partial charge is 0.351 e. The van der Waals surface area contributed by atoms with Gasteiger partial charge in [-0.1, -0.05) is 0 Å². The molecule has 0 spiro atoms. The quantitative estimate of drug-likeness (QED) is 0.591. The Labute approximate surface area is 166 Å². The number of fused-ring (bicyclic) bond motifs is 1. The maximum absolute atomic E-state index is 13.2. The third-order valence-electron chi connectivity index (χ3n) is 4.34. The summed E-state index contributed by atoms with van der Waals surface area (Å²) in [6.07, 6.45) is 1.66. The first kappa shape index (κ1) is 20.4. The number of halogens is 1. The molecule has 2 heterocycles. The Hall–Kier alpha value is -2.30. The van der Waals surface area contributed by atoms with Crippen molar-refractivity contribution in [2.75, 3.05) is 26.4 Å². The number of rotatable bonds is 7. The van der Waals surface area contributed by atoms with Crippen molar-refractivity contribution >= 4 is 37.5 Å². The van der Waals surface area contributed by atoms with Crippen LogP contribution in [0.15, 0.2) is 30.3 Å². The lowest BCUT2D eigenvalue weighted by Gasteiger charge is -2.13. The van der Waals surface area contributed by atoms with Crippen LogP contribution in [0.25, 0.3) is 15.9 Å². The fourth-order valence-electron chi connectivity index (χ4n) is 2.67. The fourth-order valence-corrected chi connectivity index (χ4v) is 4.23. The van der Waals surface area contributed by atoms with Crippen LogP contribution < -0.4 is 5.32 Å². The number of hydrogen-bond donors (Lipinski definition) is 1. The molecule has 0 radical (unpaired) electrons. The molecular weight excluding hydrogens is 403 g/mol.